The molecule has 0 aliphatic heterocycles. The number of rotatable bonds is 8. The molecule has 0 aliphatic carbocycles. The number of para-hydroxylation sites is 1. The van der Waals surface area contributed by atoms with Crippen LogP contribution in [-0.2, 0) is 22.6 Å². The summed E-state index contributed by atoms with van der Waals surface area (Å²) in [6.07, 6.45) is 1.07. The zero-order valence-corrected chi connectivity index (χ0v) is 16.2. The summed E-state index contributed by atoms with van der Waals surface area (Å²) in [6.45, 7) is 0.172. The first-order valence-electron chi connectivity index (χ1n) is 8.03. The molecule has 0 spiro atoms. The second kappa shape index (κ2) is 8.82. The molecule has 3 aromatic rings. The molecule has 2 heterocycles. The van der Waals surface area contributed by atoms with Crippen LogP contribution in [0.5, 0.6) is 11.5 Å². The van der Waals surface area contributed by atoms with E-state index in [-0.39, 0.29) is 12.6 Å². The summed E-state index contributed by atoms with van der Waals surface area (Å²) >= 11 is 3.11. The Morgan fingerprint density at radius 1 is 1.15 bits per heavy atom. The van der Waals surface area contributed by atoms with E-state index < -0.39 is 0 Å². The molecule has 136 valence electrons. The lowest BCUT2D eigenvalue weighted by Crippen LogP contribution is -2.05. The molecule has 26 heavy (non-hydrogen) atoms. The van der Waals surface area contributed by atoms with Crippen LogP contribution in [-0.4, -0.2) is 25.2 Å². The van der Waals surface area contributed by atoms with Crippen molar-refractivity contribution in [1.29, 1.82) is 0 Å². The van der Waals surface area contributed by atoms with Gasteiger partial charge in [-0.25, -0.2) is 4.98 Å². The van der Waals surface area contributed by atoms with E-state index in [2.05, 4.69) is 4.98 Å². The lowest BCUT2D eigenvalue weighted by atomic mass is 10.2. The first kappa shape index (κ1) is 18.4. The third-order valence-electron chi connectivity index (χ3n) is 3.76. The Kier molecular flexibility index (Phi) is 6.25. The topological polar surface area (TPSA) is 57.7 Å². The monoisotopic (exact) mass is 389 g/mol. The van der Waals surface area contributed by atoms with Gasteiger partial charge in [-0.2, -0.15) is 11.3 Å². The number of hydrogen-bond donors (Lipinski definition) is 0. The number of esters is 1. The van der Waals surface area contributed by atoms with Gasteiger partial charge in [-0.3, -0.25) is 4.79 Å². The highest BCUT2D eigenvalue weighted by Crippen LogP contribution is 2.38. The van der Waals surface area contributed by atoms with E-state index in [4.69, 9.17) is 14.2 Å². The fourth-order valence-corrected chi connectivity index (χ4v) is 3.99. The van der Waals surface area contributed by atoms with Crippen LogP contribution in [0.2, 0.25) is 0 Å². The average molecular weight is 389 g/mol. The molecule has 3 rings (SSSR count). The van der Waals surface area contributed by atoms with Crippen LogP contribution >= 0.6 is 22.7 Å². The molecular formula is C19H19NO4S2. The highest BCUT2D eigenvalue weighted by molar-refractivity contribution is 7.13. The minimum Gasteiger partial charge on any atom is -0.493 e. The van der Waals surface area contributed by atoms with Crippen LogP contribution in [0.25, 0.3) is 10.6 Å². The predicted octanol–water partition coefficient (Wildman–Crippen LogP) is 4.56. The van der Waals surface area contributed by atoms with Gasteiger partial charge in [-0.15, -0.1) is 11.3 Å². The fraction of sp³-hybridized carbons (Fsp3) is 0.263. The summed E-state index contributed by atoms with van der Waals surface area (Å²) in [5.74, 6) is 1.08. The van der Waals surface area contributed by atoms with Crippen LogP contribution in [0.4, 0.5) is 0 Å². The zero-order chi connectivity index (χ0) is 18.4. The third kappa shape index (κ3) is 4.42. The van der Waals surface area contributed by atoms with Gasteiger partial charge < -0.3 is 14.2 Å². The minimum atomic E-state index is -0.218. The Labute approximate surface area is 160 Å². The third-order valence-corrected chi connectivity index (χ3v) is 5.42. The maximum Gasteiger partial charge on any atom is 0.306 e. The molecule has 0 fully saturated rings. The first-order valence-corrected chi connectivity index (χ1v) is 9.86. The summed E-state index contributed by atoms with van der Waals surface area (Å²) in [5, 5.41) is 6.73. The first-order chi connectivity index (χ1) is 12.7. The van der Waals surface area contributed by atoms with Gasteiger partial charge in [0.1, 0.15) is 11.6 Å². The highest BCUT2D eigenvalue weighted by Gasteiger charge is 2.15. The maximum absolute atomic E-state index is 11.9. The lowest BCUT2D eigenvalue weighted by molar-refractivity contribution is -0.145. The number of carbonyl (C=O) groups excluding carboxylic acids is 1. The Bertz CT molecular complexity index is 858. The Morgan fingerprint density at radius 2 is 2.04 bits per heavy atom. The maximum atomic E-state index is 11.9. The van der Waals surface area contributed by atoms with Crippen molar-refractivity contribution >= 4 is 28.6 Å². The molecule has 0 radical (unpaired) electrons. The second-order valence-corrected chi connectivity index (χ2v) is 7.12. The van der Waals surface area contributed by atoms with Crippen LogP contribution in [0.3, 0.4) is 0 Å². The molecule has 1 aromatic carbocycles. The molecule has 0 atom stereocenters. The predicted molar refractivity (Wildman–Crippen MR) is 103 cm³/mol. The van der Waals surface area contributed by atoms with Crippen molar-refractivity contribution < 1.29 is 19.0 Å². The van der Waals surface area contributed by atoms with Gasteiger partial charge in [0.05, 0.1) is 25.5 Å². The van der Waals surface area contributed by atoms with Crippen molar-refractivity contribution in [3.63, 3.8) is 0 Å². The minimum absolute atomic E-state index is 0.172. The molecule has 0 bridgehead atoms. The summed E-state index contributed by atoms with van der Waals surface area (Å²) < 4.78 is 16.1. The van der Waals surface area contributed by atoms with Crippen molar-refractivity contribution in [2.24, 2.45) is 0 Å². The normalized spacial score (nSPS) is 10.5. The Morgan fingerprint density at radius 3 is 2.77 bits per heavy atom. The molecule has 0 saturated heterocycles. The van der Waals surface area contributed by atoms with Gasteiger partial charge in [0.2, 0.25) is 0 Å². The van der Waals surface area contributed by atoms with E-state index >= 15 is 0 Å². The standard InChI is InChI=1S/C19H19NO4S2/c1-22-16-5-3-4-15(18(16)23-2)19-20-14(12-26-19)10-24-17(21)7-6-13-8-9-25-11-13/h3-5,8-9,11-12H,6-7,10H2,1-2H3. The fourth-order valence-electron chi connectivity index (χ4n) is 2.46. The van der Waals surface area contributed by atoms with E-state index in [0.717, 1.165) is 21.8 Å². The molecule has 0 amide bonds. The van der Waals surface area contributed by atoms with Crippen LogP contribution in [0.15, 0.2) is 40.4 Å². The summed E-state index contributed by atoms with van der Waals surface area (Å²) in [5.41, 5.74) is 2.73. The van der Waals surface area contributed by atoms with Crippen LogP contribution < -0.4 is 9.47 Å². The molecule has 7 heteroatoms. The molecule has 0 unspecified atom stereocenters. The summed E-state index contributed by atoms with van der Waals surface area (Å²) in [7, 11) is 3.20. The lowest BCUT2D eigenvalue weighted by Gasteiger charge is -2.10. The van der Waals surface area contributed by atoms with Gasteiger partial charge in [0.25, 0.3) is 0 Å². The zero-order valence-electron chi connectivity index (χ0n) is 14.6. The van der Waals surface area contributed by atoms with Gasteiger partial charge >= 0.3 is 5.97 Å². The summed E-state index contributed by atoms with van der Waals surface area (Å²) in [6, 6.07) is 7.68. The number of carbonyl (C=O) groups is 1. The number of methoxy groups -OCH3 is 2. The molecular weight excluding hydrogens is 370 g/mol. The molecule has 5 nitrogen and oxygen atoms in total. The van der Waals surface area contributed by atoms with E-state index in [1.807, 2.05) is 40.4 Å². The van der Waals surface area contributed by atoms with E-state index in [0.29, 0.717) is 24.3 Å². The Balaban J connectivity index is 1.61. The van der Waals surface area contributed by atoms with Gasteiger partial charge in [-0.1, -0.05) is 6.07 Å². The van der Waals surface area contributed by atoms with Crippen molar-refractivity contribution in [2.45, 2.75) is 19.4 Å². The van der Waals surface area contributed by atoms with Crippen molar-refractivity contribution in [3.8, 4) is 22.1 Å². The number of benzene rings is 1. The quantitative estimate of drug-likeness (QED) is 0.529. The van der Waals surface area contributed by atoms with E-state index in [9.17, 15) is 4.79 Å². The smallest absolute Gasteiger partial charge is 0.306 e. The highest BCUT2D eigenvalue weighted by atomic mass is 32.1. The van der Waals surface area contributed by atoms with Gasteiger partial charge in [0.15, 0.2) is 11.5 Å². The second-order valence-electron chi connectivity index (χ2n) is 5.48. The number of thiophene rings is 1. The van der Waals surface area contributed by atoms with Crippen molar-refractivity contribution in [2.75, 3.05) is 14.2 Å². The molecule has 0 N–H and O–H groups in total. The van der Waals surface area contributed by atoms with Crippen molar-refractivity contribution in [1.82, 2.24) is 4.98 Å². The van der Waals surface area contributed by atoms with E-state index in [1.165, 1.54) is 11.3 Å². The van der Waals surface area contributed by atoms with Gasteiger partial charge in [0, 0.05) is 11.8 Å². The van der Waals surface area contributed by atoms with Crippen molar-refractivity contribution in [3.05, 3.63) is 51.7 Å². The summed E-state index contributed by atoms with van der Waals surface area (Å²) in [4.78, 5) is 16.4. The number of aryl methyl sites for hydroxylation is 1. The van der Waals surface area contributed by atoms with Crippen LogP contribution in [0.1, 0.15) is 17.7 Å². The SMILES string of the molecule is COc1cccc(-c2nc(COC(=O)CCc3ccsc3)cs2)c1OC. The molecule has 0 aliphatic rings. The number of thiazole rings is 1. The molecule has 2 aromatic heterocycles. The molecule has 0 saturated carbocycles. The average Bonchev–Trinajstić information content (AvgIpc) is 3.35. The number of aromatic nitrogens is 1. The number of hydrogen-bond acceptors (Lipinski definition) is 7. The largest absolute Gasteiger partial charge is 0.493 e. The van der Waals surface area contributed by atoms with Gasteiger partial charge in [-0.05, 0) is 40.9 Å². The van der Waals surface area contributed by atoms with Crippen LogP contribution in [0, 0.1) is 0 Å². The van der Waals surface area contributed by atoms with E-state index in [1.54, 1.807) is 25.6 Å². The number of ether oxygens (including phenoxy) is 3. The number of nitrogens with zero attached hydrogens (tertiary/aromatic N) is 1. The Hall–Kier alpha value is -2.38.